The fourth-order valence-corrected chi connectivity index (χ4v) is 3.84. The standard InChI is InChI=1S/C20H20N2O3S/c1-15-5-3-4-6-20(15)26(23,24)22-18-9-7-16(8-10-18)21-17-11-13-19(25-2)14-12-17/h3-14,21-22H,1-2H3. The molecule has 0 aromatic heterocycles. The number of methoxy groups -OCH3 is 1. The van der Waals surface area contributed by atoms with Gasteiger partial charge in [0.05, 0.1) is 12.0 Å². The van der Waals surface area contributed by atoms with Crippen molar-refractivity contribution in [1.29, 1.82) is 0 Å². The highest BCUT2D eigenvalue weighted by Crippen LogP contribution is 2.23. The Labute approximate surface area is 153 Å². The summed E-state index contributed by atoms with van der Waals surface area (Å²) < 4.78 is 32.8. The maximum Gasteiger partial charge on any atom is 0.262 e. The Morgan fingerprint density at radius 2 is 1.31 bits per heavy atom. The quantitative estimate of drug-likeness (QED) is 0.670. The van der Waals surface area contributed by atoms with Gasteiger partial charge in [-0.25, -0.2) is 8.42 Å². The molecular formula is C20H20N2O3S. The van der Waals surface area contributed by atoms with E-state index in [1.54, 1.807) is 44.4 Å². The molecular weight excluding hydrogens is 348 g/mol. The largest absolute Gasteiger partial charge is 0.497 e. The zero-order chi connectivity index (χ0) is 18.6. The van der Waals surface area contributed by atoms with Gasteiger partial charge in [0.15, 0.2) is 0 Å². The number of sulfonamides is 1. The first-order chi connectivity index (χ1) is 12.5. The summed E-state index contributed by atoms with van der Waals surface area (Å²) in [6.07, 6.45) is 0. The molecule has 0 aliphatic carbocycles. The number of benzene rings is 3. The van der Waals surface area contributed by atoms with Gasteiger partial charge in [-0.2, -0.15) is 0 Å². The molecule has 2 N–H and O–H groups in total. The third-order valence-electron chi connectivity index (χ3n) is 3.90. The van der Waals surface area contributed by atoms with Gasteiger partial charge >= 0.3 is 0 Å². The summed E-state index contributed by atoms with van der Waals surface area (Å²) in [5.74, 6) is 0.788. The summed E-state index contributed by atoms with van der Waals surface area (Å²) in [5, 5.41) is 3.25. The molecule has 0 amide bonds. The van der Waals surface area contributed by atoms with Gasteiger partial charge in [0, 0.05) is 17.1 Å². The minimum absolute atomic E-state index is 0.278. The number of aryl methyl sites for hydroxylation is 1. The molecule has 0 spiro atoms. The molecule has 0 radical (unpaired) electrons. The van der Waals surface area contributed by atoms with Crippen LogP contribution in [0.25, 0.3) is 0 Å². The minimum atomic E-state index is -3.61. The van der Waals surface area contributed by atoms with Crippen LogP contribution in [0.15, 0.2) is 77.7 Å². The van der Waals surface area contributed by atoms with Crippen molar-refractivity contribution in [3.8, 4) is 5.75 Å². The van der Waals surface area contributed by atoms with Gasteiger partial charge in [0.25, 0.3) is 10.0 Å². The highest BCUT2D eigenvalue weighted by atomic mass is 32.2. The molecule has 26 heavy (non-hydrogen) atoms. The van der Waals surface area contributed by atoms with Crippen LogP contribution in [-0.4, -0.2) is 15.5 Å². The number of hydrogen-bond acceptors (Lipinski definition) is 4. The van der Waals surface area contributed by atoms with Crippen molar-refractivity contribution in [1.82, 2.24) is 0 Å². The fourth-order valence-electron chi connectivity index (χ4n) is 2.53. The van der Waals surface area contributed by atoms with Crippen LogP contribution in [0.1, 0.15) is 5.56 Å². The lowest BCUT2D eigenvalue weighted by molar-refractivity contribution is 0.415. The summed E-state index contributed by atoms with van der Waals surface area (Å²) in [5.41, 5.74) is 2.99. The maximum atomic E-state index is 12.5. The Morgan fingerprint density at radius 3 is 1.88 bits per heavy atom. The van der Waals surface area contributed by atoms with Crippen LogP contribution in [0.3, 0.4) is 0 Å². The molecule has 0 saturated carbocycles. The van der Waals surface area contributed by atoms with Gasteiger partial charge in [-0.15, -0.1) is 0 Å². The van der Waals surface area contributed by atoms with E-state index in [4.69, 9.17) is 4.74 Å². The maximum absolute atomic E-state index is 12.5. The molecule has 0 unspecified atom stereocenters. The molecule has 0 saturated heterocycles. The van der Waals surface area contributed by atoms with E-state index in [9.17, 15) is 8.42 Å². The Morgan fingerprint density at radius 1 is 0.769 bits per heavy atom. The number of ether oxygens (including phenoxy) is 1. The van der Waals surface area contributed by atoms with E-state index in [-0.39, 0.29) is 4.90 Å². The third kappa shape index (κ3) is 4.15. The van der Waals surface area contributed by atoms with E-state index in [0.29, 0.717) is 11.3 Å². The topological polar surface area (TPSA) is 67.4 Å². The van der Waals surface area contributed by atoms with Crippen LogP contribution in [0.2, 0.25) is 0 Å². The van der Waals surface area contributed by atoms with Crippen molar-refractivity contribution in [2.45, 2.75) is 11.8 Å². The Kier molecular flexibility index (Phi) is 5.14. The van der Waals surface area contributed by atoms with Gasteiger partial charge in [-0.1, -0.05) is 18.2 Å². The number of rotatable bonds is 6. The van der Waals surface area contributed by atoms with Gasteiger partial charge < -0.3 is 10.1 Å². The van der Waals surface area contributed by atoms with Crippen molar-refractivity contribution in [3.63, 3.8) is 0 Å². The predicted molar refractivity (Wildman–Crippen MR) is 105 cm³/mol. The van der Waals surface area contributed by atoms with Crippen LogP contribution in [0, 0.1) is 6.92 Å². The summed E-state index contributed by atoms with van der Waals surface area (Å²) in [6, 6.07) is 21.5. The van der Waals surface area contributed by atoms with Crippen molar-refractivity contribution in [2.24, 2.45) is 0 Å². The second kappa shape index (κ2) is 7.49. The SMILES string of the molecule is COc1ccc(Nc2ccc(NS(=O)(=O)c3ccccc3C)cc2)cc1. The first kappa shape index (κ1) is 17.8. The second-order valence-electron chi connectivity index (χ2n) is 5.80. The average Bonchev–Trinajstić information content (AvgIpc) is 2.64. The molecule has 0 atom stereocenters. The summed E-state index contributed by atoms with van der Waals surface area (Å²) in [6.45, 7) is 1.77. The fraction of sp³-hybridized carbons (Fsp3) is 0.100. The Balaban J connectivity index is 1.72. The van der Waals surface area contributed by atoms with Crippen LogP contribution in [0.4, 0.5) is 17.1 Å². The van der Waals surface area contributed by atoms with Crippen molar-refractivity contribution in [2.75, 3.05) is 17.1 Å². The van der Waals surface area contributed by atoms with Crippen LogP contribution >= 0.6 is 0 Å². The Hall–Kier alpha value is -2.99. The number of hydrogen-bond donors (Lipinski definition) is 2. The first-order valence-corrected chi connectivity index (χ1v) is 9.56. The molecule has 3 aromatic rings. The zero-order valence-corrected chi connectivity index (χ0v) is 15.4. The number of anilines is 3. The number of nitrogens with one attached hydrogen (secondary N) is 2. The molecule has 0 bridgehead atoms. The lowest BCUT2D eigenvalue weighted by atomic mass is 10.2. The Bertz CT molecular complexity index is 982. The zero-order valence-electron chi connectivity index (χ0n) is 14.6. The highest BCUT2D eigenvalue weighted by molar-refractivity contribution is 7.92. The first-order valence-electron chi connectivity index (χ1n) is 8.07. The van der Waals surface area contributed by atoms with Gasteiger partial charge in [-0.05, 0) is 67.1 Å². The normalized spacial score (nSPS) is 11.0. The molecule has 0 aliphatic heterocycles. The van der Waals surface area contributed by atoms with E-state index in [2.05, 4.69) is 10.0 Å². The van der Waals surface area contributed by atoms with Gasteiger partial charge in [0.1, 0.15) is 5.75 Å². The monoisotopic (exact) mass is 368 g/mol. The van der Waals surface area contributed by atoms with E-state index in [0.717, 1.165) is 17.1 Å². The molecule has 3 aromatic carbocycles. The third-order valence-corrected chi connectivity index (χ3v) is 5.44. The van der Waals surface area contributed by atoms with E-state index >= 15 is 0 Å². The summed E-state index contributed by atoms with van der Waals surface area (Å²) in [7, 11) is -1.98. The second-order valence-corrected chi connectivity index (χ2v) is 7.45. The molecule has 3 rings (SSSR count). The van der Waals surface area contributed by atoms with Gasteiger partial charge in [0.2, 0.25) is 0 Å². The molecule has 0 fully saturated rings. The summed E-state index contributed by atoms with van der Waals surface area (Å²) in [4.78, 5) is 0.278. The lowest BCUT2D eigenvalue weighted by Gasteiger charge is -2.11. The van der Waals surface area contributed by atoms with Crippen LogP contribution in [0.5, 0.6) is 5.75 Å². The molecule has 6 heteroatoms. The van der Waals surface area contributed by atoms with Crippen molar-refractivity contribution >= 4 is 27.1 Å². The molecule has 134 valence electrons. The minimum Gasteiger partial charge on any atom is -0.497 e. The van der Waals surface area contributed by atoms with Crippen LogP contribution in [-0.2, 0) is 10.0 Å². The molecule has 0 aliphatic rings. The predicted octanol–water partition coefficient (Wildman–Crippen LogP) is 4.55. The lowest BCUT2D eigenvalue weighted by Crippen LogP contribution is -2.14. The molecule has 0 heterocycles. The smallest absolute Gasteiger partial charge is 0.262 e. The van der Waals surface area contributed by atoms with E-state index < -0.39 is 10.0 Å². The van der Waals surface area contributed by atoms with Crippen molar-refractivity contribution in [3.05, 3.63) is 78.4 Å². The summed E-state index contributed by atoms with van der Waals surface area (Å²) >= 11 is 0. The molecule has 5 nitrogen and oxygen atoms in total. The highest BCUT2D eigenvalue weighted by Gasteiger charge is 2.16. The van der Waals surface area contributed by atoms with Crippen molar-refractivity contribution < 1.29 is 13.2 Å². The van der Waals surface area contributed by atoms with E-state index in [1.807, 2.05) is 42.5 Å². The van der Waals surface area contributed by atoms with Gasteiger partial charge in [-0.3, -0.25) is 4.72 Å². The van der Waals surface area contributed by atoms with Crippen LogP contribution < -0.4 is 14.8 Å². The average molecular weight is 368 g/mol. The van der Waals surface area contributed by atoms with E-state index in [1.165, 1.54) is 0 Å².